The number of furan rings is 1. The van der Waals surface area contributed by atoms with Crippen molar-refractivity contribution in [3.05, 3.63) is 82.3 Å². The summed E-state index contributed by atoms with van der Waals surface area (Å²) in [5.41, 5.74) is 2.92. The van der Waals surface area contributed by atoms with Crippen LogP contribution in [0.5, 0.6) is 11.5 Å². The second-order valence-corrected chi connectivity index (χ2v) is 7.63. The van der Waals surface area contributed by atoms with E-state index in [2.05, 4.69) is 6.07 Å². The van der Waals surface area contributed by atoms with E-state index in [0.717, 1.165) is 46.3 Å². The first-order valence-electron chi connectivity index (χ1n) is 9.74. The smallest absolute Gasteiger partial charge is 0.214 e. The topological polar surface area (TPSA) is 47.2 Å². The molecule has 0 aliphatic carbocycles. The molecule has 2 aromatic carbocycles. The van der Waals surface area contributed by atoms with E-state index in [9.17, 15) is 0 Å². The zero-order chi connectivity index (χ0) is 20.0. The molecule has 0 bridgehead atoms. The van der Waals surface area contributed by atoms with Gasteiger partial charge < -0.3 is 13.9 Å². The highest BCUT2D eigenvalue weighted by molar-refractivity contribution is 6.30. The molecule has 0 saturated heterocycles. The second-order valence-electron chi connectivity index (χ2n) is 7.19. The number of rotatable bonds is 4. The molecule has 0 radical (unpaired) electrons. The van der Waals surface area contributed by atoms with E-state index in [1.165, 1.54) is 0 Å². The first-order chi connectivity index (χ1) is 14.1. The van der Waals surface area contributed by atoms with Gasteiger partial charge in [-0.15, -0.1) is 0 Å². The van der Waals surface area contributed by atoms with Crippen molar-refractivity contribution in [3.63, 3.8) is 0 Å². The molecule has 148 valence electrons. The van der Waals surface area contributed by atoms with Gasteiger partial charge in [0.2, 0.25) is 6.23 Å². The van der Waals surface area contributed by atoms with Gasteiger partial charge in [-0.2, -0.15) is 5.10 Å². The Labute approximate surface area is 174 Å². The SMILES string of the molecule is CCOc1cccc2c1O[C@@H](c1cccc(Cl)c1)N1N=C(c3ccc(C)o3)C[C@H]21. The molecular weight excluding hydrogens is 388 g/mol. The Balaban J connectivity index is 1.62. The van der Waals surface area contributed by atoms with Crippen LogP contribution in [0.15, 0.2) is 64.1 Å². The molecule has 3 heterocycles. The van der Waals surface area contributed by atoms with Gasteiger partial charge in [0.15, 0.2) is 11.5 Å². The maximum absolute atomic E-state index is 6.46. The van der Waals surface area contributed by atoms with Gasteiger partial charge in [0.1, 0.15) is 17.2 Å². The molecule has 0 amide bonds. The molecule has 1 aromatic heterocycles. The summed E-state index contributed by atoms with van der Waals surface area (Å²) in [6.45, 7) is 4.48. The lowest BCUT2D eigenvalue weighted by atomic mass is 9.97. The Morgan fingerprint density at radius 2 is 2.03 bits per heavy atom. The van der Waals surface area contributed by atoms with E-state index < -0.39 is 6.23 Å². The molecule has 6 heteroatoms. The average Bonchev–Trinajstić information content (AvgIpc) is 3.34. The van der Waals surface area contributed by atoms with Crippen molar-refractivity contribution in [1.29, 1.82) is 0 Å². The Bertz CT molecular complexity index is 1090. The lowest BCUT2D eigenvalue weighted by molar-refractivity contribution is -0.0212. The predicted octanol–water partition coefficient (Wildman–Crippen LogP) is 5.88. The average molecular weight is 409 g/mol. The van der Waals surface area contributed by atoms with Crippen LogP contribution >= 0.6 is 11.6 Å². The minimum atomic E-state index is -0.402. The van der Waals surface area contributed by atoms with Gasteiger partial charge >= 0.3 is 0 Å². The fourth-order valence-corrected chi connectivity index (χ4v) is 4.17. The fourth-order valence-electron chi connectivity index (χ4n) is 3.97. The van der Waals surface area contributed by atoms with Crippen molar-refractivity contribution in [2.45, 2.75) is 32.5 Å². The third-order valence-electron chi connectivity index (χ3n) is 5.24. The van der Waals surface area contributed by atoms with Crippen molar-refractivity contribution in [2.75, 3.05) is 6.61 Å². The van der Waals surface area contributed by atoms with Crippen molar-refractivity contribution in [2.24, 2.45) is 5.10 Å². The van der Waals surface area contributed by atoms with Crippen molar-refractivity contribution in [3.8, 4) is 11.5 Å². The summed E-state index contributed by atoms with van der Waals surface area (Å²) >= 11 is 6.27. The van der Waals surface area contributed by atoms with Gasteiger partial charge in [-0.05, 0) is 44.2 Å². The number of nitrogens with zero attached hydrogens (tertiary/aromatic N) is 2. The molecule has 0 spiro atoms. The Hall–Kier alpha value is -2.92. The summed E-state index contributed by atoms with van der Waals surface area (Å²) in [6, 6.07) is 17.7. The van der Waals surface area contributed by atoms with Crippen LogP contribution in [-0.4, -0.2) is 17.3 Å². The maximum atomic E-state index is 6.46. The van der Waals surface area contributed by atoms with Crippen LogP contribution in [0.2, 0.25) is 5.02 Å². The largest absolute Gasteiger partial charge is 0.490 e. The lowest BCUT2D eigenvalue weighted by Crippen LogP contribution is -2.33. The number of hydrogen-bond donors (Lipinski definition) is 0. The molecule has 2 aliphatic heterocycles. The third-order valence-corrected chi connectivity index (χ3v) is 5.47. The van der Waals surface area contributed by atoms with Gasteiger partial charge in [-0.3, -0.25) is 0 Å². The first-order valence-corrected chi connectivity index (χ1v) is 10.1. The Kier molecular flexibility index (Phi) is 4.47. The third kappa shape index (κ3) is 3.15. The quantitative estimate of drug-likeness (QED) is 0.540. The van der Waals surface area contributed by atoms with Gasteiger partial charge in [0.25, 0.3) is 0 Å². The zero-order valence-corrected chi connectivity index (χ0v) is 17.0. The van der Waals surface area contributed by atoms with Crippen LogP contribution in [0.3, 0.4) is 0 Å². The molecule has 3 aromatic rings. The number of ether oxygens (including phenoxy) is 2. The molecular formula is C23H21ClN2O3. The lowest BCUT2D eigenvalue weighted by Gasteiger charge is -2.38. The number of hydrogen-bond acceptors (Lipinski definition) is 5. The van der Waals surface area contributed by atoms with Gasteiger partial charge in [-0.25, -0.2) is 5.01 Å². The number of para-hydroxylation sites is 1. The predicted molar refractivity (Wildman–Crippen MR) is 112 cm³/mol. The van der Waals surface area contributed by atoms with E-state index in [4.69, 9.17) is 30.6 Å². The minimum absolute atomic E-state index is 0.0311. The molecule has 2 aliphatic rings. The highest BCUT2D eigenvalue weighted by atomic mass is 35.5. The second kappa shape index (κ2) is 7.16. The maximum Gasteiger partial charge on any atom is 0.214 e. The molecule has 5 rings (SSSR count). The summed E-state index contributed by atoms with van der Waals surface area (Å²) in [4.78, 5) is 0. The monoisotopic (exact) mass is 408 g/mol. The molecule has 5 nitrogen and oxygen atoms in total. The molecule has 0 fully saturated rings. The van der Waals surface area contributed by atoms with E-state index >= 15 is 0 Å². The van der Waals surface area contributed by atoms with Crippen molar-refractivity contribution >= 4 is 17.3 Å². The number of aryl methyl sites for hydroxylation is 1. The highest BCUT2D eigenvalue weighted by Crippen LogP contribution is 2.50. The summed E-state index contributed by atoms with van der Waals surface area (Å²) in [5.74, 6) is 3.19. The van der Waals surface area contributed by atoms with Gasteiger partial charge in [-0.1, -0.05) is 35.9 Å². The number of hydrazone groups is 1. The van der Waals surface area contributed by atoms with Gasteiger partial charge in [0, 0.05) is 22.6 Å². The summed E-state index contributed by atoms with van der Waals surface area (Å²) in [7, 11) is 0. The Morgan fingerprint density at radius 3 is 2.79 bits per heavy atom. The van der Waals surface area contributed by atoms with Crippen LogP contribution in [0.25, 0.3) is 0 Å². The van der Waals surface area contributed by atoms with Crippen LogP contribution in [0, 0.1) is 6.92 Å². The standard InChI is InChI=1S/C23H21ClN2O3/c1-3-27-21-9-5-8-17-19-13-18(20-11-10-14(2)28-20)25-26(19)23(29-22(17)21)15-6-4-7-16(24)12-15/h4-12,19,23H,3,13H2,1-2H3/t19-,23+/m1/s1. The van der Waals surface area contributed by atoms with Crippen LogP contribution in [-0.2, 0) is 0 Å². The normalized spacial score (nSPS) is 20.0. The van der Waals surface area contributed by atoms with Gasteiger partial charge in [0.05, 0.1) is 12.6 Å². The molecule has 0 N–H and O–H groups in total. The van der Waals surface area contributed by atoms with Crippen molar-refractivity contribution in [1.82, 2.24) is 5.01 Å². The summed E-state index contributed by atoms with van der Waals surface area (Å²) < 4.78 is 18.2. The van der Waals surface area contributed by atoms with Crippen LogP contribution in [0.1, 0.15) is 48.3 Å². The molecule has 29 heavy (non-hydrogen) atoms. The van der Waals surface area contributed by atoms with Crippen LogP contribution < -0.4 is 9.47 Å². The minimum Gasteiger partial charge on any atom is -0.490 e. The van der Waals surface area contributed by atoms with Crippen LogP contribution in [0.4, 0.5) is 0 Å². The zero-order valence-electron chi connectivity index (χ0n) is 16.3. The van der Waals surface area contributed by atoms with E-state index in [-0.39, 0.29) is 6.04 Å². The van der Waals surface area contributed by atoms with E-state index in [1.54, 1.807) is 0 Å². The molecule has 0 unspecified atom stereocenters. The fraction of sp³-hybridized carbons (Fsp3) is 0.261. The molecule has 2 atom stereocenters. The highest BCUT2D eigenvalue weighted by Gasteiger charge is 2.42. The van der Waals surface area contributed by atoms with Crippen molar-refractivity contribution < 1.29 is 13.9 Å². The first kappa shape index (κ1) is 18.1. The summed E-state index contributed by atoms with van der Waals surface area (Å²) in [6.07, 6.45) is 0.331. The van der Waals surface area contributed by atoms with E-state index in [0.29, 0.717) is 11.6 Å². The molecule has 0 saturated carbocycles. The number of halogens is 1. The van der Waals surface area contributed by atoms with E-state index in [1.807, 2.05) is 67.4 Å². The Morgan fingerprint density at radius 1 is 1.17 bits per heavy atom. The summed E-state index contributed by atoms with van der Waals surface area (Å²) in [5, 5.41) is 7.58. The number of benzene rings is 2. The number of fused-ring (bicyclic) bond motifs is 3.